The van der Waals surface area contributed by atoms with Crippen LogP contribution in [-0.2, 0) is 14.3 Å². The first-order valence-corrected chi connectivity index (χ1v) is 2.56. The summed E-state index contributed by atoms with van der Waals surface area (Å²) in [5, 5.41) is 0. The molecule has 0 radical (unpaired) electrons. The lowest BCUT2D eigenvalue weighted by atomic mass is 10.6. The van der Waals surface area contributed by atoms with E-state index < -0.39 is 18.1 Å². The van der Waals surface area contributed by atoms with Gasteiger partial charge in [0.15, 0.2) is 0 Å². The van der Waals surface area contributed by atoms with E-state index in [0.717, 1.165) is 0 Å². The Hall–Kier alpha value is -1.55. The van der Waals surface area contributed by atoms with Crippen molar-refractivity contribution in [1.29, 1.82) is 0 Å². The molecule has 0 spiro atoms. The zero-order valence-corrected chi connectivity index (χ0v) is 5.64. The summed E-state index contributed by atoms with van der Waals surface area (Å²) in [6.07, 6.45) is -4.69. The molecule has 0 saturated carbocycles. The van der Waals surface area contributed by atoms with Crippen LogP contribution in [0.3, 0.4) is 0 Å². The molecule has 0 aliphatic heterocycles. The zero-order chi connectivity index (χ0) is 9.78. The minimum absolute atomic E-state index is 0.476. The van der Waals surface area contributed by atoms with Crippen molar-refractivity contribution in [3.8, 4) is 0 Å². The van der Waals surface area contributed by atoms with Crippen LogP contribution in [0.4, 0.5) is 13.2 Å². The molecule has 0 bridgehead atoms. The van der Waals surface area contributed by atoms with Crippen molar-refractivity contribution in [2.75, 3.05) is 0 Å². The second-order valence-electron chi connectivity index (χ2n) is 1.55. The molecule has 0 aromatic carbocycles. The number of hydrogen-bond donors (Lipinski definition) is 0. The van der Waals surface area contributed by atoms with Gasteiger partial charge in [0.1, 0.15) is 0 Å². The largest absolute Gasteiger partial charge is 0.491 e. The molecule has 0 aliphatic carbocycles. The number of halogens is 3. The van der Waals surface area contributed by atoms with Gasteiger partial charge in [0, 0.05) is 0 Å². The van der Waals surface area contributed by atoms with Gasteiger partial charge in [-0.15, -0.1) is 5.73 Å². The molecule has 0 N–H and O–H groups in total. The molecule has 0 fully saturated rings. The molecule has 0 heterocycles. The third-order valence-electron chi connectivity index (χ3n) is 0.645. The van der Waals surface area contributed by atoms with Crippen molar-refractivity contribution in [3.63, 3.8) is 0 Å². The Morgan fingerprint density at radius 2 is 1.92 bits per heavy atom. The van der Waals surface area contributed by atoms with E-state index in [1.54, 1.807) is 0 Å². The van der Waals surface area contributed by atoms with Crippen LogP contribution in [0.2, 0.25) is 0 Å². The van der Waals surface area contributed by atoms with Crippen LogP contribution in [0, 0.1) is 0 Å². The molecule has 0 rings (SSSR count). The van der Waals surface area contributed by atoms with Gasteiger partial charge in [-0.2, -0.15) is 13.2 Å². The average Bonchev–Trinajstić information content (AvgIpc) is 1.85. The predicted molar refractivity (Wildman–Crippen MR) is 30.9 cm³/mol. The monoisotopic (exact) mass is 180 g/mol. The second kappa shape index (κ2) is 3.73. The summed E-state index contributed by atoms with van der Waals surface area (Å²) in [6, 6.07) is 0. The van der Waals surface area contributed by atoms with Gasteiger partial charge in [-0.3, -0.25) is 0 Å². The number of carbonyl (C=O) groups is 2. The lowest BCUT2D eigenvalue weighted by molar-refractivity contribution is -0.200. The molecule has 0 aromatic heterocycles. The molecule has 0 aliphatic rings. The number of carbonyl (C=O) groups excluding carboxylic acids is 2. The maximum Gasteiger partial charge on any atom is 0.491 e. The van der Waals surface area contributed by atoms with Crippen molar-refractivity contribution < 1.29 is 27.5 Å². The van der Waals surface area contributed by atoms with E-state index in [-0.39, 0.29) is 0 Å². The highest BCUT2D eigenvalue weighted by Crippen LogP contribution is 2.16. The van der Waals surface area contributed by atoms with Gasteiger partial charge in [-0.1, -0.05) is 6.58 Å². The number of rotatable bonds is 1. The Balaban J connectivity index is 4.20. The molecule has 6 heteroatoms. The summed E-state index contributed by atoms with van der Waals surface area (Å²) in [5.74, 6) is -4.01. The molecule has 12 heavy (non-hydrogen) atoms. The molecule has 0 saturated heterocycles. The molecule has 0 unspecified atom stereocenters. The zero-order valence-electron chi connectivity index (χ0n) is 5.64. The maximum atomic E-state index is 11.4. The normalized spacial score (nSPS) is 9.92. The Kier molecular flexibility index (Phi) is 3.25. The molecule has 0 aromatic rings. The van der Waals surface area contributed by atoms with Crippen LogP contribution in [0.15, 0.2) is 18.4 Å². The first kappa shape index (κ1) is 10.4. The van der Waals surface area contributed by atoms with E-state index in [1.807, 2.05) is 5.73 Å². The predicted octanol–water partition coefficient (Wildman–Crippen LogP) is 0.960. The minimum Gasteiger partial charge on any atom is -0.383 e. The Morgan fingerprint density at radius 1 is 1.42 bits per heavy atom. The molecule has 0 amide bonds. The highest BCUT2D eigenvalue weighted by Gasteiger charge is 2.42. The smallest absolute Gasteiger partial charge is 0.383 e. The van der Waals surface area contributed by atoms with E-state index in [9.17, 15) is 22.8 Å². The molecule has 66 valence electrons. The van der Waals surface area contributed by atoms with Crippen LogP contribution in [0.25, 0.3) is 0 Å². The first-order valence-electron chi connectivity index (χ1n) is 2.56. The van der Waals surface area contributed by atoms with Crippen molar-refractivity contribution in [3.05, 3.63) is 18.4 Å². The Morgan fingerprint density at radius 3 is 2.25 bits per heavy atom. The highest BCUT2D eigenvalue weighted by molar-refractivity contribution is 5.93. The highest BCUT2D eigenvalue weighted by atomic mass is 19.4. The van der Waals surface area contributed by atoms with E-state index in [1.165, 1.54) is 0 Å². The van der Waals surface area contributed by atoms with Gasteiger partial charge in [0.05, 0.1) is 6.08 Å². The third-order valence-corrected chi connectivity index (χ3v) is 0.645. The van der Waals surface area contributed by atoms with Gasteiger partial charge < -0.3 is 4.74 Å². The van der Waals surface area contributed by atoms with Crippen molar-refractivity contribution in [2.45, 2.75) is 6.18 Å². The fourth-order valence-electron chi connectivity index (χ4n) is 0.262. The van der Waals surface area contributed by atoms with Crippen LogP contribution in [0.5, 0.6) is 0 Å². The van der Waals surface area contributed by atoms with Gasteiger partial charge >= 0.3 is 18.1 Å². The second-order valence-corrected chi connectivity index (χ2v) is 1.55. The topological polar surface area (TPSA) is 43.4 Å². The number of esters is 2. The summed E-state index contributed by atoms with van der Waals surface area (Å²) in [4.78, 5) is 20.1. The SMILES string of the molecule is C=C=CC(=O)OC(=O)C(F)(F)F. The molecule has 0 atom stereocenters. The molecule has 3 nitrogen and oxygen atoms in total. The number of alkyl halides is 3. The quantitative estimate of drug-likeness (QED) is 0.261. The third kappa shape index (κ3) is 3.58. The van der Waals surface area contributed by atoms with Crippen LogP contribution in [0.1, 0.15) is 0 Å². The summed E-state index contributed by atoms with van der Waals surface area (Å²) in [7, 11) is 0. The van der Waals surface area contributed by atoms with E-state index in [2.05, 4.69) is 11.3 Å². The fraction of sp³-hybridized carbons (Fsp3) is 0.167. The Labute approximate surface area is 65.1 Å². The van der Waals surface area contributed by atoms with Crippen LogP contribution < -0.4 is 0 Å². The number of hydrogen-bond acceptors (Lipinski definition) is 3. The summed E-state index contributed by atoms with van der Waals surface area (Å²) >= 11 is 0. The van der Waals surface area contributed by atoms with Gasteiger partial charge in [0.2, 0.25) is 0 Å². The summed E-state index contributed by atoms with van der Waals surface area (Å²) in [6.45, 7) is 2.90. The van der Waals surface area contributed by atoms with Crippen LogP contribution in [-0.4, -0.2) is 18.1 Å². The van der Waals surface area contributed by atoms with Crippen molar-refractivity contribution >= 4 is 11.9 Å². The lowest BCUT2D eigenvalue weighted by Gasteiger charge is -2.01. The van der Waals surface area contributed by atoms with E-state index in [4.69, 9.17) is 0 Å². The van der Waals surface area contributed by atoms with Crippen molar-refractivity contribution in [1.82, 2.24) is 0 Å². The van der Waals surface area contributed by atoms with Gasteiger partial charge in [0.25, 0.3) is 0 Å². The first-order chi connectivity index (χ1) is 5.38. The van der Waals surface area contributed by atoms with Gasteiger partial charge in [-0.25, -0.2) is 9.59 Å². The van der Waals surface area contributed by atoms with Gasteiger partial charge in [-0.05, 0) is 0 Å². The fourth-order valence-corrected chi connectivity index (χ4v) is 0.262. The minimum atomic E-state index is -5.16. The van der Waals surface area contributed by atoms with Crippen LogP contribution >= 0.6 is 0 Å². The van der Waals surface area contributed by atoms with Crippen molar-refractivity contribution in [2.24, 2.45) is 0 Å². The standard InChI is InChI=1S/C6H3F3O3/c1-2-3-4(10)12-5(11)6(7,8)9/h3H,1H2. The van der Waals surface area contributed by atoms with E-state index >= 15 is 0 Å². The summed E-state index contributed by atoms with van der Waals surface area (Å²) in [5.41, 5.74) is 1.86. The van der Waals surface area contributed by atoms with E-state index in [0.29, 0.717) is 6.08 Å². The molecular weight excluding hydrogens is 177 g/mol. The maximum absolute atomic E-state index is 11.4. The average molecular weight is 180 g/mol. The summed E-state index contributed by atoms with van der Waals surface area (Å²) < 4.78 is 37.4. The Bertz CT molecular complexity index is 247. The number of ether oxygens (including phenoxy) is 1. The lowest BCUT2D eigenvalue weighted by Crippen LogP contribution is -2.27. The molecular formula is C6H3F3O3.